The van der Waals surface area contributed by atoms with E-state index in [1.54, 1.807) is 20.8 Å². The summed E-state index contributed by atoms with van der Waals surface area (Å²) >= 11 is 0. The van der Waals surface area contributed by atoms with Crippen molar-refractivity contribution in [2.45, 2.75) is 31.9 Å². The molecule has 0 aliphatic carbocycles. The standard InChI is InChI=1S/C8H15NO2S/c1-5-6-7-9-12(10,11)8(2,3)4/h1,9H,6-7H2,2-4H3. The highest BCUT2D eigenvalue weighted by molar-refractivity contribution is 7.90. The summed E-state index contributed by atoms with van der Waals surface area (Å²) in [5.41, 5.74) is 0. The molecule has 0 aromatic rings. The van der Waals surface area contributed by atoms with E-state index in [0.29, 0.717) is 13.0 Å². The fourth-order valence-corrected chi connectivity index (χ4v) is 1.28. The van der Waals surface area contributed by atoms with Crippen molar-refractivity contribution in [1.82, 2.24) is 4.72 Å². The van der Waals surface area contributed by atoms with Crippen molar-refractivity contribution < 1.29 is 8.42 Å². The second kappa shape index (κ2) is 3.92. The Morgan fingerprint density at radius 3 is 2.25 bits per heavy atom. The molecule has 0 amide bonds. The van der Waals surface area contributed by atoms with Crippen molar-refractivity contribution in [2.24, 2.45) is 0 Å². The van der Waals surface area contributed by atoms with Crippen LogP contribution in [0.3, 0.4) is 0 Å². The van der Waals surface area contributed by atoms with Crippen LogP contribution in [-0.4, -0.2) is 19.7 Å². The summed E-state index contributed by atoms with van der Waals surface area (Å²) < 4.78 is 24.4. The Hall–Kier alpha value is -0.530. The van der Waals surface area contributed by atoms with Crippen LogP contribution in [0.25, 0.3) is 0 Å². The van der Waals surface area contributed by atoms with E-state index in [4.69, 9.17) is 6.42 Å². The zero-order valence-electron chi connectivity index (χ0n) is 7.72. The van der Waals surface area contributed by atoms with Crippen molar-refractivity contribution in [2.75, 3.05) is 6.54 Å². The molecule has 0 spiro atoms. The van der Waals surface area contributed by atoms with Crippen LogP contribution in [0.1, 0.15) is 27.2 Å². The van der Waals surface area contributed by atoms with Gasteiger partial charge in [0.25, 0.3) is 0 Å². The van der Waals surface area contributed by atoms with E-state index in [2.05, 4.69) is 10.6 Å². The van der Waals surface area contributed by atoms with Gasteiger partial charge in [0.05, 0.1) is 4.75 Å². The van der Waals surface area contributed by atoms with Crippen molar-refractivity contribution >= 4 is 10.0 Å². The van der Waals surface area contributed by atoms with E-state index in [-0.39, 0.29) is 0 Å². The number of terminal acetylenes is 1. The predicted octanol–water partition coefficient (Wildman–Crippen LogP) is 0.728. The van der Waals surface area contributed by atoms with E-state index >= 15 is 0 Å². The quantitative estimate of drug-likeness (QED) is 0.525. The maximum absolute atomic E-state index is 11.3. The summed E-state index contributed by atoms with van der Waals surface area (Å²) in [4.78, 5) is 0. The molecule has 0 atom stereocenters. The molecule has 0 aliphatic rings. The molecule has 70 valence electrons. The van der Waals surface area contributed by atoms with E-state index < -0.39 is 14.8 Å². The predicted molar refractivity (Wildman–Crippen MR) is 50.1 cm³/mol. The molecule has 0 saturated carbocycles. The first-order valence-corrected chi connectivity index (χ1v) is 5.22. The molecular formula is C8H15NO2S. The van der Waals surface area contributed by atoms with Gasteiger partial charge in [-0.2, -0.15) is 0 Å². The zero-order valence-corrected chi connectivity index (χ0v) is 8.53. The molecule has 4 heteroatoms. The largest absolute Gasteiger partial charge is 0.216 e. The van der Waals surface area contributed by atoms with Gasteiger partial charge in [-0.1, -0.05) is 0 Å². The smallest absolute Gasteiger partial charge is 0.214 e. The van der Waals surface area contributed by atoms with Crippen LogP contribution in [0.2, 0.25) is 0 Å². The molecule has 1 N–H and O–H groups in total. The van der Waals surface area contributed by atoms with Crippen molar-refractivity contribution in [3.8, 4) is 12.3 Å². The summed E-state index contributed by atoms with van der Waals surface area (Å²) in [5, 5.41) is 0. The van der Waals surface area contributed by atoms with Gasteiger partial charge >= 0.3 is 0 Å². The number of hydrogen-bond acceptors (Lipinski definition) is 2. The van der Waals surface area contributed by atoms with Crippen LogP contribution >= 0.6 is 0 Å². The summed E-state index contributed by atoms with van der Waals surface area (Å²) in [5.74, 6) is 2.36. The second-order valence-corrected chi connectivity index (χ2v) is 5.98. The fraction of sp³-hybridized carbons (Fsp3) is 0.750. The third-order valence-corrected chi connectivity index (χ3v) is 3.56. The molecule has 0 bridgehead atoms. The molecule has 0 radical (unpaired) electrons. The average molecular weight is 189 g/mol. The zero-order chi connectivity index (χ0) is 9.83. The molecule has 12 heavy (non-hydrogen) atoms. The summed E-state index contributed by atoms with van der Waals surface area (Å²) in [6, 6.07) is 0. The van der Waals surface area contributed by atoms with Gasteiger partial charge in [0, 0.05) is 13.0 Å². The van der Waals surface area contributed by atoms with Crippen LogP contribution in [0, 0.1) is 12.3 Å². The van der Waals surface area contributed by atoms with Crippen LogP contribution in [0.15, 0.2) is 0 Å². The van der Waals surface area contributed by atoms with E-state index in [1.165, 1.54) is 0 Å². The molecule has 0 saturated heterocycles. The van der Waals surface area contributed by atoms with Gasteiger partial charge in [-0.15, -0.1) is 12.3 Å². The molecule has 0 aromatic carbocycles. The minimum atomic E-state index is -3.22. The molecule has 0 rings (SSSR count). The minimum absolute atomic E-state index is 0.316. The molecule has 0 aromatic heterocycles. The first-order valence-electron chi connectivity index (χ1n) is 3.74. The van der Waals surface area contributed by atoms with E-state index in [0.717, 1.165) is 0 Å². The number of nitrogens with one attached hydrogen (secondary N) is 1. The molecule has 0 aliphatic heterocycles. The third-order valence-electron chi connectivity index (χ3n) is 1.37. The Bertz CT molecular complexity index is 266. The van der Waals surface area contributed by atoms with Crippen molar-refractivity contribution in [3.63, 3.8) is 0 Å². The lowest BCUT2D eigenvalue weighted by Gasteiger charge is -2.19. The molecular weight excluding hydrogens is 174 g/mol. The van der Waals surface area contributed by atoms with Gasteiger partial charge < -0.3 is 0 Å². The van der Waals surface area contributed by atoms with Crippen molar-refractivity contribution in [1.29, 1.82) is 0 Å². The van der Waals surface area contributed by atoms with Crippen molar-refractivity contribution in [3.05, 3.63) is 0 Å². The lowest BCUT2D eigenvalue weighted by molar-refractivity contribution is 0.546. The molecule has 0 heterocycles. The first kappa shape index (κ1) is 11.5. The average Bonchev–Trinajstić information content (AvgIpc) is 1.85. The normalized spacial score (nSPS) is 12.5. The molecule has 0 fully saturated rings. The van der Waals surface area contributed by atoms with Crippen LogP contribution in [-0.2, 0) is 10.0 Å². The highest BCUT2D eigenvalue weighted by atomic mass is 32.2. The number of hydrogen-bond donors (Lipinski definition) is 1. The summed E-state index contributed by atoms with van der Waals surface area (Å²) in [6.07, 6.45) is 5.41. The topological polar surface area (TPSA) is 46.2 Å². The Kier molecular flexibility index (Phi) is 3.75. The lowest BCUT2D eigenvalue weighted by atomic mass is 10.3. The van der Waals surface area contributed by atoms with Gasteiger partial charge in [-0.05, 0) is 20.8 Å². The van der Waals surface area contributed by atoms with E-state index in [9.17, 15) is 8.42 Å². The maximum Gasteiger partial charge on any atom is 0.216 e. The van der Waals surface area contributed by atoms with Gasteiger partial charge in [-0.3, -0.25) is 0 Å². The fourth-order valence-electron chi connectivity index (χ4n) is 0.474. The van der Waals surface area contributed by atoms with Crippen LogP contribution < -0.4 is 4.72 Å². The van der Waals surface area contributed by atoms with Gasteiger partial charge in [0.1, 0.15) is 0 Å². The summed E-state index contributed by atoms with van der Waals surface area (Å²) in [6.45, 7) is 5.25. The first-order chi connectivity index (χ1) is 5.31. The third kappa shape index (κ3) is 3.24. The number of sulfonamides is 1. The second-order valence-electron chi connectivity index (χ2n) is 3.46. The molecule has 0 unspecified atom stereocenters. The van der Waals surface area contributed by atoms with Crippen LogP contribution in [0.4, 0.5) is 0 Å². The Morgan fingerprint density at radius 2 is 1.92 bits per heavy atom. The van der Waals surface area contributed by atoms with Gasteiger partial charge in [0.15, 0.2) is 0 Å². The minimum Gasteiger partial charge on any atom is -0.214 e. The van der Waals surface area contributed by atoms with Gasteiger partial charge in [0.2, 0.25) is 10.0 Å². The number of rotatable bonds is 3. The highest BCUT2D eigenvalue weighted by Crippen LogP contribution is 2.12. The summed E-state index contributed by atoms with van der Waals surface area (Å²) in [7, 11) is -3.22. The van der Waals surface area contributed by atoms with Gasteiger partial charge in [-0.25, -0.2) is 13.1 Å². The molecule has 3 nitrogen and oxygen atoms in total. The van der Waals surface area contributed by atoms with E-state index in [1.807, 2.05) is 0 Å². The Balaban J connectivity index is 4.19. The Morgan fingerprint density at radius 1 is 1.42 bits per heavy atom. The van der Waals surface area contributed by atoms with Crippen LogP contribution in [0.5, 0.6) is 0 Å². The SMILES string of the molecule is C#CCCNS(=O)(=O)C(C)(C)C. The highest BCUT2D eigenvalue weighted by Gasteiger charge is 2.27. The maximum atomic E-state index is 11.3. The Labute approximate surface area is 74.6 Å². The monoisotopic (exact) mass is 189 g/mol. The lowest BCUT2D eigenvalue weighted by Crippen LogP contribution is -2.39.